The van der Waals surface area contributed by atoms with Gasteiger partial charge in [0.05, 0.1) is 5.75 Å². The molecule has 0 saturated heterocycles. The molecule has 6 heteroatoms. The van der Waals surface area contributed by atoms with E-state index in [0.29, 0.717) is 11.3 Å². The Morgan fingerprint density at radius 2 is 1.86 bits per heavy atom. The van der Waals surface area contributed by atoms with Crippen LogP contribution in [0.1, 0.15) is 24.1 Å². The Hall–Kier alpha value is -1.37. The minimum Gasteiger partial charge on any atom is -0.399 e. The van der Waals surface area contributed by atoms with Gasteiger partial charge in [0, 0.05) is 16.2 Å². The van der Waals surface area contributed by atoms with Crippen molar-refractivity contribution < 1.29 is 8.42 Å². The van der Waals surface area contributed by atoms with E-state index >= 15 is 0 Å². The van der Waals surface area contributed by atoms with Crippen LogP contribution in [0.4, 0.5) is 5.69 Å². The molecular formula is C15H17BrN2O2S. The van der Waals surface area contributed by atoms with Gasteiger partial charge >= 0.3 is 0 Å². The third kappa shape index (κ3) is 4.84. The number of sulfonamides is 1. The summed E-state index contributed by atoms with van der Waals surface area (Å²) in [5.74, 6) is -0.0844. The number of nitrogen functional groups attached to an aromatic ring is 1. The van der Waals surface area contributed by atoms with Crippen LogP contribution in [0.2, 0.25) is 0 Å². The minimum absolute atomic E-state index is 0.0844. The Balaban J connectivity index is 2.08. The van der Waals surface area contributed by atoms with Crippen LogP contribution in [0.5, 0.6) is 0 Å². The number of rotatable bonds is 5. The van der Waals surface area contributed by atoms with Gasteiger partial charge in [-0.05, 0) is 42.3 Å². The second kappa shape index (κ2) is 6.60. The molecule has 2 rings (SSSR count). The predicted octanol–water partition coefficient (Wildman–Crippen LogP) is 3.21. The quantitative estimate of drug-likeness (QED) is 0.795. The Morgan fingerprint density at radius 1 is 1.19 bits per heavy atom. The van der Waals surface area contributed by atoms with Crippen LogP contribution in [-0.2, 0) is 15.8 Å². The van der Waals surface area contributed by atoms with Gasteiger partial charge in [-0.25, -0.2) is 13.1 Å². The molecule has 3 N–H and O–H groups in total. The van der Waals surface area contributed by atoms with Crippen molar-refractivity contribution in [3.8, 4) is 0 Å². The number of hydrogen-bond acceptors (Lipinski definition) is 3. The van der Waals surface area contributed by atoms with Gasteiger partial charge in [-0.15, -0.1) is 0 Å². The number of nitrogens with one attached hydrogen (secondary N) is 1. The SMILES string of the molecule is C[C@H](NS(=O)(=O)Cc1cccc(N)c1)c1ccc(Br)cc1. The molecule has 0 spiro atoms. The molecule has 0 unspecified atom stereocenters. The minimum atomic E-state index is -3.43. The van der Waals surface area contributed by atoms with Crippen molar-refractivity contribution in [2.75, 3.05) is 5.73 Å². The van der Waals surface area contributed by atoms with E-state index in [1.54, 1.807) is 24.3 Å². The molecule has 0 aliphatic rings. The monoisotopic (exact) mass is 368 g/mol. The van der Waals surface area contributed by atoms with Gasteiger partial charge in [-0.2, -0.15) is 0 Å². The van der Waals surface area contributed by atoms with Crippen LogP contribution in [0, 0.1) is 0 Å². The number of halogens is 1. The van der Waals surface area contributed by atoms with Crippen molar-refractivity contribution in [1.29, 1.82) is 0 Å². The topological polar surface area (TPSA) is 72.2 Å². The molecule has 1 atom stereocenters. The van der Waals surface area contributed by atoms with Crippen LogP contribution in [0.15, 0.2) is 53.0 Å². The first kappa shape index (κ1) is 16.0. The molecule has 0 bridgehead atoms. The molecule has 0 aromatic heterocycles. The summed E-state index contributed by atoms with van der Waals surface area (Å²) in [7, 11) is -3.43. The molecule has 4 nitrogen and oxygen atoms in total. The lowest BCUT2D eigenvalue weighted by molar-refractivity contribution is 0.566. The lowest BCUT2D eigenvalue weighted by atomic mass is 10.1. The molecule has 21 heavy (non-hydrogen) atoms. The Bertz CT molecular complexity index is 715. The van der Waals surface area contributed by atoms with E-state index in [1.807, 2.05) is 31.2 Å². The highest BCUT2D eigenvalue weighted by molar-refractivity contribution is 9.10. The average molecular weight is 369 g/mol. The van der Waals surface area contributed by atoms with Crippen LogP contribution >= 0.6 is 15.9 Å². The van der Waals surface area contributed by atoms with Crippen molar-refractivity contribution in [2.24, 2.45) is 0 Å². The Morgan fingerprint density at radius 3 is 2.48 bits per heavy atom. The summed E-state index contributed by atoms with van der Waals surface area (Å²) in [6.45, 7) is 1.82. The van der Waals surface area contributed by atoms with Crippen molar-refractivity contribution in [3.63, 3.8) is 0 Å². The molecule has 0 aliphatic heterocycles. The molecule has 0 radical (unpaired) electrons. The van der Waals surface area contributed by atoms with Gasteiger partial charge in [-0.3, -0.25) is 0 Å². The highest BCUT2D eigenvalue weighted by Crippen LogP contribution is 2.18. The number of nitrogens with two attached hydrogens (primary N) is 1. The van der Waals surface area contributed by atoms with Crippen molar-refractivity contribution in [3.05, 3.63) is 64.1 Å². The van der Waals surface area contributed by atoms with E-state index in [-0.39, 0.29) is 11.8 Å². The first-order valence-electron chi connectivity index (χ1n) is 6.45. The van der Waals surface area contributed by atoms with E-state index in [9.17, 15) is 8.42 Å². The third-order valence-corrected chi connectivity index (χ3v) is 4.99. The largest absolute Gasteiger partial charge is 0.399 e. The average Bonchev–Trinajstić information content (AvgIpc) is 2.38. The molecule has 0 aliphatic carbocycles. The fourth-order valence-electron chi connectivity index (χ4n) is 2.03. The number of anilines is 1. The summed E-state index contributed by atoms with van der Waals surface area (Å²) in [5.41, 5.74) is 7.81. The lowest BCUT2D eigenvalue weighted by Gasteiger charge is -2.15. The first-order valence-corrected chi connectivity index (χ1v) is 8.90. The Labute approximate surface area is 133 Å². The van der Waals surface area contributed by atoms with Gasteiger partial charge in [0.1, 0.15) is 0 Å². The summed E-state index contributed by atoms with van der Waals surface area (Å²) in [6.07, 6.45) is 0. The second-order valence-corrected chi connectivity index (χ2v) is 7.56. The van der Waals surface area contributed by atoms with Gasteiger partial charge in [-0.1, -0.05) is 40.2 Å². The lowest BCUT2D eigenvalue weighted by Crippen LogP contribution is -2.28. The van der Waals surface area contributed by atoms with E-state index in [1.165, 1.54) is 0 Å². The molecule has 0 amide bonds. The second-order valence-electron chi connectivity index (χ2n) is 4.90. The van der Waals surface area contributed by atoms with Crippen LogP contribution in [0.3, 0.4) is 0 Å². The normalized spacial score (nSPS) is 13.0. The third-order valence-electron chi connectivity index (χ3n) is 3.03. The smallest absolute Gasteiger partial charge is 0.216 e. The van der Waals surface area contributed by atoms with Crippen LogP contribution in [-0.4, -0.2) is 8.42 Å². The zero-order chi connectivity index (χ0) is 15.5. The summed E-state index contributed by atoms with van der Waals surface area (Å²) >= 11 is 3.36. The van der Waals surface area contributed by atoms with E-state index < -0.39 is 10.0 Å². The maximum Gasteiger partial charge on any atom is 0.216 e. The summed E-state index contributed by atoms with van der Waals surface area (Å²) in [6, 6.07) is 14.2. The van der Waals surface area contributed by atoms with Gasteiger partial charge < -0.3 is 5.73 Å². The van der Waals surface area contributed by atoms with Gasteiger partial charge in [0.15, 0.2) is 0 Å². The summed E-state index contributed by atoms with van der Waals surface area (Å²) < 4.78 is 28.0. The first-order chi connectivity index (χ1) is 9.85. The predicted molar refractivity (Wildman–Crippen MR) is 89.2 cm³/mol. The number of benzene rings is 2. The maximum absolute atomic E-state index is 12.2. The molecule has 0 saturated carbocycles. The molecule has 2 aromatic rings. The molecule has 2 aromatic carbocycles. The van der Waals surface area contributed by atoms with Crippen LogP contribution in [0.25, 0.3) is 0 Å². The van der Waals surface area contributed by atoms with Gasteiger partial charge in [0.2, 0.25) is 10.0 Å². The zero-order valence-corrected chi connectivity index (χ0v) is 14.0. The Kier molecular flexibility index (Phi) is 5.03. The van der Waals surface area contributed by atoms with E-state index in [4.69, 9.17) is 5.73 Å². The van der Waals surface area contributed by atoms with Crippen molar-refractivity contribution in [2.45, 2.75) is 18.7 Å². The van der Waals surface area contributed by atoms with Crippen LogP contribution < -0.4 is 10.5 Å². The zero-order valence-electron chi connectivity index (χ0n) is 11.6. The maximum atomic E-state index is 12.2. The van der Waals surface area contributed by atoms with Crippen molar-refractivity contribution >= 4 is 31.6 Å². The summed E-state index contributed by atoms with van der Waals surface area (Å²) in [4.78, 5) is 0. The molecular weight excluding hydrogens is 352 g/mol. The molecule has 0 heterocycles. The highest BCUT2D eigenvalue weighted by Gasteiger charge is 2.16. The van der Waals surface area contributed by atoms with E-state index in [0.717, 1.165) is 10.0 Å². The summed E-state index contributed by atoms with van der Waals surface area (Å²) in [5, 5.41) is 0. The fourth-order valence-corrected chi connectivity index (χ4v) is 3.67. The standard InChI is InChI=1S/C15H17BrN2O2S/c1-11(13-5-7-14(16)8-6-13)18-21(19,20)10-12-3-2-4-15(17)9-12/h2-9,11,18H,10,17H2,1H3/t11-/m0/s1. The molecule has 112 valence electrons. The highest BCUT2D eigenvalue weighted by atomic mass is 79.9. The van der Waals surface area contributed by atoms with E-state index in [2.05, 4.69) is 20.7 Å². The van der Waals surface area contributed by atoms with Crippen molar-refractivity contribution in [1.82, 2.24) is 4.72 Å². The number of hydrogen-bond donors (Lipinski definition) is 2. The molecule has 0 fully saturated rings. The fraction of sp³-hybridized carbons (Fsp3) is 0.200. The van der Waals surface area contributed by atoms with Gasteiger partial charge in [0.25, 0.3) is 0 Å².